The molecule has 0 radical (unpaired) electrons. The molecule has 0 aliphatic carbocycles. The minimum atomic E-state index is -2.18. The second kappa shape index (κ2) is 10.2. The van der Waals surface area contributed by atoms with E-state index in [0.29, 0.717) is 12.6 Å². The first kappa shape index (κ1) is 25.0. The fraction of sp³-hybridized carbons (Fsp3) is 0.167. The van der Waals surface area contributed by atoms with Crippen molar-refractivity contribution in [3.63, 3.8) is 0 Å². The number of thiophene rings is 1. The normalized spacial score (nSPS) is 12.1. The van der Waals surface area contributed by atoms with Crippen LogP contribution >= 0.6 is 11.3 Å². The Morgan fingerprint density at radius 2 is 1.80 bits per heavy atom. The lowest BCUT2D eigenvalue weighted by Gasteiger charge is -2.18. The maximum atomic E-state index is 14.2. The van der Waals surface area contributed by atoms with Crippen LogP contribution in [0.4, 0.5) is 17.6 Å². The minimum Gasteiger partial charge on any atom is -0.609 e. The molecule has 0 aliphatic heterocycles. The average molecular weight is 522 g/mol. The highest BCUT2D eigenvalue weighted by atomic mass is 32.2. The average Bonchev–Trinajstić information content (AvgIpc) is 3.45. The van der Waals surface area contributed by atoms with Gasteiger partial charge in [-0.1, -0.05) is 0 Å². The Hall–Kier alpha value is -3.15. The Balaban J connectivity index is 1.72. The van der Waals surface area contributed by atoms with Gasteiger partial charge in [0.2, 0.25) is 0 Å². The van der Waals surface area contributed by atoms with E-state index in [9.17, 15) is 26.9 Å². The number of imidazole rings is 1. The standard InChI is InChI=1S/C24H19F4N3O2S2/c1-14-9-17(34-12-14)11-30(2)23(32)21-10-29-24(31(21)16-5-3-15(25)4-6-16)35(33)13-18-19(26)7-8-20(27)22(18)28/h3-10,12H,11,13H2,1-2H3. The largest absolute Gasteiger partial charge is 0.609 e. The zero-order valence-corrected chi connectivity index (χ0v) is 20.2. The van der Waals surface area contributed by atoms with Gasteiger partial charge in [-0.3, -0.25) is 4.79 Å². The molecule has 0 fully saturated rings. The third-order valence-corrected chi connectivity index (χ3v) is 7.46. The number of rotatable bonds is 7. The van der Waals surface area contributed by atoms with Crippen LogP contribution in [0, 0.1) is 30.2 Å². The molecule has 0 saturated heterocycles. The molecule has 0 saturated carbocycles. The number of carbonyl (C=O) groups is 1. The third kappa shape index (κ3) is 5.26. The number of hydrogen-bond donors (Lipinski definition) is 0. The van der Waals surface area contributed by atoms with Crippen LogP contribution in [-0.4, -0.2) is 32.0 Å². The van der Waals surface area contributed by atoms with Crippen LogP contribution < -0.4 is 0 Å². The molecule has 2 aromatic carbocycles. The number of aromatic nitrogens is 2. The smallest absolute Gasteiger partial charge is 0.328 e. The second-order valence-corrected chi connectivity index (χ2v) is 10.1. The Morgan fingerprint density at radius 1 is 1.11 bits per heavy atom. The molecule has 0 bridgehead atoms. The van der Waals surface area contributed by atoms with E-state index in [0.717, 1.165) is 28.6 Å². The lowest BCUT2D eigenvalue weighted by Crippen LogP contribution is -2.28. The van der Waals surface area contributed by atoms with Gasteiger partial charge in [-0.2, -0.15) is 4.98 Å². The van der Waals surface area contributed by atoms with E-state index in [1.54, 1.807) is 7.05 Å². The summed E-state index contributed by atoms with van der Waals surface area (Å²) in [4.78, 5) is 19.8. The summed E-state index contributed by atoms with van der Waals surface area (Å²) in [7, 11) is 1.59. The van der Waals surface area contributed by atoms with Crippen LogP contribution in [0.1, 0.15) is 26.5 Å². The molecule has 2 heterocycles. The molecule has 0 spiro atoms. The zero-order valence-electron chi connectivity index (χ0n) is 18.6. The van der Waals surface area contributed by atoms with Gasteiger partial charge >= 0.3 is 5.16 Å². The molecule has 5 nitrogen and oxygen atoms in total. The van der Waals surface area contributed by atoms with Gasteiger partial charge in [0.1, 0.15) is 23.1 Å². The van der Waals surface area contributed by atoms with Crippen LogP contribution in [0.15, 0.2) is 59.2 Å². The Morgan fingerprint density at radius 3 is 2.46 bits per heavy atom. The van der Waals surface area contributed by atoms with Gasteiger partial charge in [0, 0.05) is 23.1 Å². The zero-order chi connectivity index (χ0) is 25.3. The summed E-state index contributed by atoms with van der Waals surface area (Å²) in [6.45, 7) is 2.25. The quantitative estimate of drug-likeness (QED) is 0.186. The minimum absolute atomic E-state index is 0.0240. The van der Waals surface area contributed by atoms with Gasteiger partial charge in [0.25, 0.3) is 5.91 Å². The Kier molecular flexibility index (Phi) is 7.29. The van der Waals surface area contributed by atoms with Crippen LogP contribution in [0.3, 0.4) is 0 Å². The number of aryl methyl sites for hydroxylation is 1. The monoisotopic (exact) mass is 521 g/mol. The molecule has 1 unspecified atom stereocenters. The number of halogens is 4. The molecule has 0 N–H and O–H groups in total. The van der Waals surface area contributed by atoms with Gasteiger partial charge in [0.15, 0.2) is 11.6 Å². The van der Waals surface area contributed by atoms with Crippen molar-refractivity contribution in [3.05, 3.63) is 99.0 Å². The summed E-state index contributed by atoms with van der Waals surface area (Å²) in [5, 5.41) is 1.77. The van der Waals surface area contributed by atoms with Crippen LogP contribution in [0.25, 0.3) is 5.69 Å². The second-order valence-electron chi connectivity index (χ2n) is 7.80. The van der Waals surface area contributed by atoms with E-state index < -0.39 is 51.7 Å². The summed E-state index contributed by atoms with van der Waals surface area (Å²) < 4.78 is 69.9. The summed E-state index contributed by atoms with van der Waals surface area (Å²) in [5.41, 5.74) is 0.666. The van der Waals surface area contributed by atoms with Crippen molar-refractivity contribution in [2.24, 2.45) is 0 Å². The van der Waals surface area contributed by atoms with Crippen molar-refractivity contribution >= 4 is 28.4 Å². The van der Waals surface area contributed by atoms with Crippen LogP contribution in [0.2, 0.25) is 0 Å². The topological polar surface area (TPSA) is 61.2 Å². The van der Waals surface area contributed by atoms with E-state index in [2.05, 4.69) is 4.98 Å². The molecule has 1 amide bonds. The number of nitrogens with zero attached hydrogens (tertiary/aromatic N) is 3. The van der Waals surface area contributed by atoms with E-state index in [1.165, 1.54) is 39.1 Å². The number of hydrogen-bond acceptors (Lipinski definition) is 4. The molecule has 0 aliphatic rings. The van der Waals surface area contributed by atoms with Crippen molar-refractivity contribution in [1.29, 1.82) is 0 Å². The van der Waals surface area contributed by atoms with Crippen molar-refractivity contribution in [2.75, 3.05) is 7.05 Å². The van der Waals surface area contributed by atoms with Gasteiger partial charge in [-0.15, -0.1) is 11.3 Å². The number of amides is 1. The number of carbonyl (C=O) groups excluding carboxylic acids is 1. The summed E-state index contributed by atoms with van der Waals surface area (Å²) in [6.07, 6.45) is 1.20. The maximum Gasteiger partial charge on any atom is 0.328 e. The molecule has 11 heteroatoms. The van der Waals surface area contributed by atoms with Gasteiger partial charge < -0.3 is 9.45 Å². The van der Waals surface area contributed by atoms with E-state index >= 15 is 0 Å². The van der Waals surface area contributed by atoms with Crippen molar-refractivity contribution in [2.45, 2.75) is 24.4 Å². The molecule has 4 rings (SSSR count). The van der Waals surface area contributed by atoms with E-state index in [1.807, 2.05) is 18.4 Å². The molecular formula is C24H19F4N3O2S2. The first-order valence-corrected chi connectivity index (χ1v) is 12.5. The first-order chi connectivity index (χ1) is 16.7. The lowest BCUT2D eigenvalue weighted by molar-refractivity contribution is 0.0778. The molecular weight excluding hydrogens is 502 g/mol. The Labute approximate surface area is 205 Å². The van der Waals surface area contributed by atoms with Crippen LogP contribution in [0.5, 0.6) is 0 Å². The van der Waals surface area contributed by atoms with Gasteiger partial charge in [-0.05, 0) is 60.3 Å². The van der Waals surface area contributed by atoms with Crippen molar-refractivity contribution in [1.82, 2.24) is 14.5 Å². The molecule has 1 atom stereocenters. The lowest BCUT2D eigenvalue weighted by atomic mass is 10.2. The fourth-order valence-electron chi connectivity index (χ4n) is 3.46. The highest BCUT2D eigenvalue weighted by Crippen LogP contribution is 2.26. The van der Waals surface area contributed by atoms with Crippen molar-refractivity contribution < 1.29 is 26.9 Å². The maximum absolute atomic E-state index is 14.2. The predicted octanol–water partition coefficient (Wildman–Crippen LogP) is 5.38. The van der Waals surface area contributed by atoms with Crippen LogP contribution in [-0.2, 0) is 23.5 Å². The van der Waals surface area contributed by atoms with Gasteiger partial charge in [-0.25, -0.2) is 22.1 Å². The molecule has 182 valence electrons. The van der Waals surface area contributed by atoms with Crippen molar-refractivity contribution in [3.8, 4) is 5.69 Å². The predicted molar refractivity (Wildman–Crippen MR) is 125 cm³/mol. The van der Waals surface area contributed by atoms with Gasteiger partial charge in [0.05, 0.1) is 24.0 Å². The first-order valence-electron chi connectivity index (χ1n) is 10.3. The number of benzene rings is 2. The SMILES string of the molecule is Cc1csc(CN(C)C(=O)c2cnc([S+]([O-])Cc3c(F)ccc(F)c3F)n2-c2ccc(F)cc2)c1. The highest BCUT2D eigenvalue weighted by Gasteiger charge is 2.30. The molecule has 35 heavy (non-hydrogen) atoms. The summed E-state index contributed by atoms with van der Waals surface area (Å²) in [5.74, 6) is -5.48. The van der Waals surface area contributed by atoms with E-state index in [-0.39, 0.29) is 16.5 Å². The summed E-state index contributed by atoms with van der Waals surface area (Å²) >= 11 is -0.682. The fourth-order valence-corrected chi connectivity index (χ4v) is 5.62. The third-order valence-electron chi connectivity index (χ3n) is 5.18. The Bertz CT molecular complexity index is 1370. The summed E-state index contributed by atoms with van der Waals surface area (Å²) in [6, 6.07) is 8.36. The molecule has 4 aromatic rings. The molecule has 2 aromatic heterocycles. The highest BCUT2D eigenvalue weighted by molar-refractivity contribution is 7.90. The van der Waals surface area contributed by atoms with E-state index in [4.69, 9.17) is 0 Å².